The van der Waals surface area contributed by atoms with Crippen LogP contribution in [0.5, 0.6) is 0 Å². The molecule has 0 spiro atoms. The maximum Gasteiger partial charge on any atom is 0.337 e. The number of benzene rings is 2. The van der Waals surface area contributed by atoms with Gasteiger partial charge in [-0.05, 0) is 40.2 Å². The van der Waals surface area contributed by atoms with Gasteiger partial charge in [0, 0.05) is 0 Å². The first-order chi connectivity index (χ1) is 9.59. The Morgan fingerprint density at radius 3 is 2.75 bits per heavy atom. The molecule has 0 fully saturated rings. The smallest absolute Gasteiger partial charge is 0.337 e. The van der Waals surface area contributed by atoms with Crippen molar-refractivity contribution in [2.45, 2.75) is 0 Å². The van der Waals surface area contributed by atoms with E-state index in [1.54, 1.807) is 30.3 Å². The summed E-state index contributed by atoms with van der Waals surface area (Å²) in [7, 11) is 0. The highest BCUT2D eigenvalue weighted by atomic mass is 79.9. The summed E-state index contributed by atoms with van der Waals surface area (Å²) in [6, 6.07) is 10.1. The van der Waals surface area contributed by atoms with Crippen LogP contribution in [0.1, 0.15) is 10.4 Å². The molecule has 0 amide bonds. The number of halogens is 2. The van der Waals surface area contributed by atoms with E-state index in [0.717, 1.165) is 0 Å². The summed E-state index contributed by atoms with van der Waals surface area (Å²) in [6.07, 6.45) is 0. The molecule has 20 heavy (non-hydrogen) atoms. The van der Waals surface area contributed by atoms with Gasteiger partial charge in [0.05, 0.1) is 20.7 Å². The van der Waals surface area contributed by atoms with E-state index in [0.29, 0.717) is 26.2 Å². The minimum absolute atomic E-state index is 0.138. The van der Waals surface area contributed by atoms with Crippen molar-refractivity contribution < 1.29 is 9.90 Å². The third-order valence-electron chi connectivity index (χ3n) is 2.86. The molecule has 0 bridgehead atoms. The van der Waals surface area contributed by atoms with Gasteiger partial charge in [0.2, 0.25) is 0 Å². The van der Waals surface area contributed by atoms with Crippen LogP contribution in [0, 0.1) is 0 Å². The molecule has 0 radical (unpaired) electrons. The van der Waals surface area contributed by atoms with Crippen LogP contribution in [0.25, 0.3) is 16.7 Å². The molecular weight excluding hydrogens is 346 g/mol. The Bertz CT molecular complexity index is 832. The standard InChI is InChI=1S/C13H7BrClN3O2/c14-11-8(15)4-2-6-10(11)18-12-7(13(19)20)3-1-5-9(12)16-17-18/h1-6H,(H,19,20). The number of hydrogen-bond acceptors (Lipinski definition) is 3. The van der Waals surface area contributed by atoms with Crippen molar-refractivity contribution in [2.24, 2.45) is 0 Å². The number of carbonyl (C=O) groups is 1. The summed E-state index contributed by atoms with van der Waals surface area (Å²) in [6.45, 7) is 0. The lowest BCUT2D eigenvalue weighted by atomic mass is 10.2. The van der Waals surface area contributed by atoms with E-state index in [4.69, 9.17) is 11.6 Å². The van der Waals surface area contributed by atoms with Crippen molar-refractivity contribution in [2.75, 3.05) is 0 Å². The van der Waals surface area contributed by atoms with E-state index in [2.05, 4.69) is 26.2 Å². The van der Waals surface area contributed by atoms with Gasteiger partial charge < -0.3 is 5.11 Å². The molecule has 1 N–H and O–H groups in total. The van der Waals surface area contributed by atoms with Crippen molar-refractivity contribution in [3.63, 3.8) is 0 Å². The first-order valence-corrected chi connectivity index (χ1v) is 6.79. The topological polar surface area (TPSA) is 68.0 Å². The van der Waals surface area contributed by atoms with Gasteiger partial charge in [-0.2, -0.15) is 0 Å². The van der Waals surface area contributed by atoms with Gasteiger partial charge in [0.15, 0.2) is 0 Å². The van der Waals surface area contributed by atoms with Gasteiger partial charge >= 0.3 is 5.97 Å². The second-order valence-corrected chi connectivity index (χ2v) is 5.25. The number of para-hydroxylation sites is 1. The summed E-state index contributed by atoms with van der Waals surface area (Å²) in [5.41, 5.74) is 1.72. The minimum Gasteiger partial charge on any atom is -0.478 e. The third-order valence-corrected chi connectivity index (χ3v) is 4.23. The molecule has 0 aliphatic heterocycles. The second kappa shape index (κ2) is 4.88. The van der Waals surface area contributed by atoms with E-state index in [1.165, 1.54) is 10.7 Å². The Kier molecular flexibility index (Phi) is 3.19. The molecule has 1 aromatic heterocycles. The van der Waals surface area contributed by atoms with E-state index < -0.39 is 5.97 Å². The normalized spacial score (nSPS) is 10.9. The highest BCUT2D eigenvalue weighted by molar-refractivity contribution is 9.10. The molecular formula is C13H7BrClN3O2. The Morgan fingerprint density at radius 1 is 1.25 bits per heavy atom. The minimum atomic E-state index is -1.03. The Balaban J connectivity index is 2.38. The Morgan fingerprint density at radius 2 is 2.00 bits per heavy atom. The van der Waals surface area contributed by atoms with Gasteiger partial charge in [-0.15, -0.1) is 5.10 Å². The van der Waals surface area contributed by atoms with Gasteiger partial charge in [-0.3, -0.25) is 0 Å². The van der Waals surface area contributed by atoms with Crippen molar-refractivity contribution in [1.82, 2.24) is 15.0 Å². The fourth-order valence-electron chi connectivity index (χ4n) is 1.97. The quantitative estimate of drug-likeness (QED) is 0.766. The highest BCUT2D eigenvalue weighted by Crippen LogP contribution is 2.30. The van der Waals surface area contributed by atoms with Gasteiger partial charge in [0.1, 0.15) is 11.0 Å². The van der Waals surface area contributed by atoms with E-state index >= 15 is 0 Å². The number of nitrogens with zero attached hydrogens (tertiary/aromatic N) is 3. The lowest BCUT2D eigenvalue weighted by molar-refractivity contribution is 0.0698. The Hall–Kier alpha value is -1.92. The van der Waals surface area contributed by atoms with Crippen LogP contribution in [0.15, 0.2) is 40.9 Å². The fraction of sp³-hybridized carbons (Fsp3) is 0. The monoisotopic (exact) mass is 351 g/mol. The molecule has 0 saturated heterocycles. The summed E-state index contributed by atoms with van der Waals surface area (Å²) >= 11 is 9.44. The largest absolute Gasteiger partial charge is 0.478 e. The van der Waals surface area contributed by atoms with E-state index in [1.807, 2.05) is 0 Å². The molecule has 5 nitrogen and oxygen atoms in total. The molecule has 3 rings (SSSR count). The number of aromatic nitrogens is 3. The van der Waals surface area contributed by atoms with Crippen molar-refractivity contribution in [1.29, 1.82) is 0 Å². The van der Waals surface area contributed by atoms with Crippen LogP contribution in [0.4, 0.5) is 0 Å². The van der Waals surface area contributed by atoms with Crippen LogP contribution in [-0.2, 0) is 0 Å². The van der Waals surface area contributed by atoms with Crippen LogP contribution in [-0.4, -0.2) is 26.1 Å². The van der Waals surface area contributed by atoms with Gasteiger partial charge in [-0.1, -0.05) is 28.9 Å². The number of aromatic carboxylic acids is 1. The number of fused-ring (bicyclic) bond motifs is 1. The van der Waals surface area contributed by atoms with E-state index in [-0.39, 0.29) is 5.56 Å². The first-order valence-electron chi connectivity index (χ1n) is 5.61. The average Bonchev–Trinajstić information content (AvgIpc) is 2.85. The maximum atomic E-state index is 11.3. The van der Waals surface area contributed by atoms with Gasteiger partial charge in [0.25, 0.3) is 0 Å². The van der Waals surface area contributed by atoms with Crippen LogP contribution >= 0.6 is 27.5 Å². The van der Waals surface area contributed by atoms with Crippen LogP contribution in [0.2, 0.25) is 5.02 Å². The molecule has 0 unspecified atom stereocenters. The van der Waals surface area contributed by atoms with E-state index in [9.17, 15) is 9.90 Å². The second-order valence-electron chi connectivity index (χ2n) is 4.05. The highest BCUT2D eigenvalue weighted by Gasteiger charge is 2.17. The van der Waals surface area contributed by atoms with Crippen molar-refractivity contribution in [3.05, 3.63) is 51.5 Å². The molecule has 3 aromatic rings. The van der Waals surface area contributed by atoms with Crippen LogP contribution in [0.3, 0.4) is 0 Å². The first kappa shape index (κ1) is 13.1. The molecule has 7 heteroatoms. The predicted molar refractivity (Wildman–Crippen MR) is 78.5 cm³/mol. The average molecular weight is 353 g/mol. The summed E-state index contributed by atoms with van der Waals surface area (Å²) in [5, 5.41) is 17.8. The zero-order valence-electron chi connectivity index (χ0n) is 9.92. The number of carboxylic acid groups (broad SMARTS) is 1. The fourth-order valence-corrected chi connectivity index (χ4v) is 2.57. The summed E-state index contributed by atoms with van der Waals surface area (Å²) < 4.78 is 2.10. The molecule has 0 aliphatic carbocycles. The van der Waals surface area contributed by atoms with Gasteiger partial charge in [-0.25, -0.2) is 9.48 Å². The number of hydrogen-bond donors (Lipinski definition) is 1. The number of carboxylic acids is 1. The number of rotatable bonds is 2. The maximum absolute atomic E-state index is 11.3. The molecule has 0 aliphatic rings. The van der Waals surface area contributed by atoms with Crippen molar-refractivity contribution >= 4 is 44.5 Å². The Labute approximate surface area is 126 Å². The summed E-state index contributed by atoms with van der Waals surface area (Å²) in [4.78, 5) is 11.3. The molecule has 100 valence electrons. The molecule has 0 saturated carbocycles. The zero-order chi connectivity index (χ0) is 14.3. The SMILES string of the molecule is O=C(O)c1cccc2nnn(-c3cccc(Cl)c3Br)c12. The lowest BCUT2D eigenvalue weighted by Gasteiger charge is -2.07. The lowest BCUT2D eigenvalue weighted by Crippen LogP contribution is -2.04. The van der Waals surface area contributed by atoms with Crippen molar-refractivity contribution in [3.8, 4) is 5.69 Å². The molecule has 2 aromatic carbocycles. The van der Waals surface area contributed by atoms with Crippen LogP contribution < -0.4 is 0 Å². The molecule has 1 heterocycles. The zero-order valence-corrected chi connectivity index (χ0v) is 12.3. The molecule has 0 atom stereocenters. The predicted octanol–water partition coefficient (Wildman–Crippen LogP) is 3.53. The third kappa shape index (κ3) is 1.97. The summed E-state index contributed by atoms with van der Waals surface area (Å²) in [5.74, 6) is -1.03.